The molecule has 0 fully saturated rings. The van der Waals surface area contributed by atoms with Gasteiger partial charge in [-0.2, -0.15) is 0 Å². The lowest BCUT2D eigenvalue weighted by Crippen LogP contribution is -2.52. The van der Waals surface area contributed by atoms with E-state index in [4.69, 9.17) is 18.9 Å². The highest BCUT2D eigenvalue weighted by Crippen LogP contribution is 2.20. The molecule has 338 valence electrons. The van der Waals surface area contributed by atoms with Crippen molar-refractivity contribution >= 4 is 52.9 Å². The van der Waals surface area contributed by atoms with Crippen LogP contribution in [-0.2, 0) is 70.1 Å². The SMILES string of the molecule is CC(C)CNC(=O)CNC(=O)[C@H](Cc1ccccc1)NC(=O)CNC(=O)CNC(=O)CCOCCOCCOCCOCCNC(=O)CCc1ccc(N2C(=O)C=CC2=O)cc1. The summed E-state index contributed by atoms with van der Waals surface area (Å²) in [4.78, 5) is 98.8. The van der Waals surface area contributed by atoms with Crippen LogP contribution < -0.4 is 36.8 Å². The quantitative estimate of drug-likeness (QED) is 0.0414. The standard InChI is InChI=1S/C43H59N7O12/c1-31(2)27-45-39(54)29-48-43(58)35(26-33-6-4-3-5-7-33)49-40(55)30-47-38(53)28-46-37(52)16-18-59-20-22-61-24-25-62-23-21-60-19-17-44-36(51)13-10-32-8-11-34(12-9-32)50-41(56)14-15-42(50)57/h3-9,11-12,14-15,31,35H,10,13,16-30H2,1-2H3,(H,44,51)(H,45,54)(H,46,52)(H,47,53)(H,48,58)(H,49,55)/t35-/m0/s1. The lowest BCUT2D eigenvalue weighted by molar-refractivity contribution is -0.131. The van der Waals surface area contributed by atoms with Gasteiger partial charge in [-0.3, -0.25) is 38.4 Å². The first-order valence-electron chi connectivity index (χ1n) is 20.5. The molecule has 2 aromatic carbocycles. The second kappa shape index (κ2) is 29.3. The second-order valence-electron chi connectivity index (χ2n) is 14.3. The fourth-order valence-electron chi connectivity index (χ4n) is 5.49. The van der Waals surface area contributed by atoms with Gasteiger partial charge in [-0.1, -0.05) is 56.3 Å². The van der Waals surface area contributed by atoms with Crippen LogP contribution in [0.3, 0.4) is 0 Å². The Morgan fingerprint density at radius 1 is 0.548 bits per heavy atom. The van der Waals surface area contributed by atoms with Crippen LogP contribution in [0.25, 0.3) is 0 Å². The minimum Gasteiger partial charge on any atom is -0.379 e. The Labute approximate surface area is 361 Å². The number of ether oxygens (including phenoxy) is 4. The Kier molecular flexibility index (Phi) is 23.8. The Morgan fingerprint density at radius 2 is 1.08 bits per heavy atom. The van der Waals surface area contributed by atoms with Crippen LogP contribution in [-0.4, -0.2) is 139 Å². The zero-order valence-electron chi connectivity index (χ0n) is 35.4. The van der Waals surface area contributed by atoms with E-state index in [-0.39, 0.29) is 81.7 Å². The van der Waals surface area contributed by atoms with E-state index in [1.54, 1.807) is 48.5 Å². The van der Waals surface area contributed by atoms with Crippen molar-refractivity contribution in [1.29, 1.82) is 0 Å². The summed E-state index contributed by atoms with van der Waals surface area (Å²) in [6.45, 7) is 6.03. The first-order chi connectivity index (χ1) is 29.9. The minimum absolute atomic E-state index is 0.00776. The summed E-state index contributed by atoms with van der Waals surface area (Å²) in [5, 5.41) is 15.5. The zero-order valence-corrected chi connectivity index (χ0v) is 35.4. The molecule has 1 heterocycles. The number of carbonyl (C=O) groups excluding carboxylic acids is 8. The van der Waals surface area contributed by atoms with Gasteiger partial charge < -0.3 is 50.8 Å². The normalized spacial score (nSPS) is 12.5. The summed E-state index contributed by atoms with van der Waals surface area (Å²) in [7, 11) is 0. The number of nitrogens with zero attached hydrogens (tertiary/aromatic N) is 1. The van der Waals surface area contributed by atoms with Gasteiger partial charge in [0.1, 0.15) is 6.04 Å². The van der Waals surface area contributed by atoms with Gasteiger partial charge in [0.25, 0.3) is 11.8 Å². The molecular weight excluding hydrogens is 807 g/mol. The highest BCUT2D eigenvalue weighted by atomic mass is 16.6. The number of aryl methyl sites for hydroxylation is 1. The average molecular weight is 866 g/mol. The molecule has 0 saturated carbocycles. The topological polar surface area (TPSA) is 249 Å². The molecule has 0 aliphatic carbocycles. The monoisotopic (exact) mass is 865 g/mol. The molecule has 62 heavy (non-hydrogen) atoms. The summed E-state index contributed by atoms with van der Waals surface area (Å²) >= 11 is 0. The molecule has 3 rings (SSSR count). The van der Waals surface area contributed by atoms with Gasteiger partial charge in [-0.15, -0.1) is 0 Å². The molecule has 0 bridgehead atoms. The number of hydrogen-bond donors (Lipinski definition) is 6. The highest BCUT2D eigenvalue weighted by Gasteiger charge is 2.25. The Bertz CT molecular complexity index is 1770. The van der Waals surface area contributed by atoms with Gasteiger partial charge in [0.05, 0.1) is 78.2 Å². The largest absolute Gasteiger partial charge is 0.379 e. The van der Waals surface area contributed by atoms with E-state index in [2.05, 4.69) is 31.9 Å². The molecular formula is C43H59N7O12. The van der Waals surface area contributed by atoms with Crippen molar-refractivity contribution in [1.82, 2.24) is 31.9 Å². The molecule has 8 amide bonds. The fraction of sp³-hybridized carbons (Fsp3) is 0.488. The third-order valence-corrected chi connectivity index (χ3v) is 8.76. The van der Waals surface area contributed by atoms with E-state index in [1.165, 1.54) is 12.2 Å². The van der Waals surface area contributed by atoms with E-state index < -0.39 is 36.2 Å². The lowest BCUT2D eigenvalue weighted by atomic mass is 10.1. The van der Waals surface area contributed by atoms with E-state index in [0.29, 0.717) is 58.2 Å². The molecule has 0 saturated heterocycles. The number of benzene rings is 2. The third-order valence-electron chi connectivity index (χ3n) is 8.76. The van der Waals surface area contributed by atoms with Gasteiger partial charge in [0, 0.05) is 44.5 Å². The number of anilines is 1. The number of nitrogens with one attached hydrogen (secondary N) is 6. The maximum Gasteiger partial charge on any atom is 0.258 e. The van der Waals surface area contributed by atoms with Crippen molar-refractivity contribution in [2.24, 2.45) is 5.92 Å². The molecule has 0 unspecified atom stereocenters. The maximum atomic E-state index is 12.9. The van der Waals surface area contributed by atoms with Crippen LogP contribution in [0.2, 0.25) is 0 Å². The minimum atomic E-state index is -0.995. The van der Waals surface area contributed by atoms with Crippen molar-refractivity contribution in [3.63, 3.8) is 0 Å². The predicted molar refractivity (Wildman–Crippen MR) is 226 cm³/mol. The molecule has 6 N–H and O–H groups in total. The molecule has 19 nitrogen and oxygen atoms in total. The van der Waals surface area contributed by atoms with Crippen molar-refractivity contribution < 1.29 is 57.3 Å². The smallest absolute Gasteiger partial charge is 0.258 e. The molecule has 1 aliphatic heterocycles. The molecule has 0 spiro atoms. The van der Waals surface area contributed by atoms with Gasteiger partial charge in [0.2, 0.25) is 35.4 Å². The van der Waals surface area contributed by atoms with Crippen LogP contribution in [0.4, 0.5) is 5.69 Å². The molecule has 0 aromatic heterocycles. The number of amides is 8. The van der Waals surface area contributed by atoms with E-state index in [9.17, 15) is 38.4 Å². The summed E-state index contributed by atoms with van der Waals surface area (Å²) in [6, 6.07) is 15.0. The lowest BCUT2D eigenvalue weighted by Gasteiger charge is -2.19. The highest BCUT2D eigenvalue weighted by molar-refractivity contribution is 6.28. The van der Waals surface area contributed by atoms with Gasteiger partial charge in [0.15, 0.2) is 0 Å². The van der Waals surface area contributed by atoms with Crippen LogP contribution in [0, 0.1) is 5.92 Å². The summed E-state index contributed by atoms with van der Waals surface area (Å²) in [5.41, 5.74) is 2.18. The number of hydrogen-bond acceptors (Lipinski definition) is 12. The maximum absolute atomic E-state index is 12.9. The van der Waals surface area contributed by atoms with Gasteiger partial charge in [-0.05, 0) is 35.6 Å². The molecule has 1 aliphatic rings. The summed E-state index contributed by atoms with van der Waals surface area (Å²) in [6.07, 6.45) is 3.42. The Morgan fingerprint density at radius 3 is 1.71 bits per heavy atom. The van der Waals surface area contributed by atoms with Gasteiger partial charge in [-0.25, -0.2) is 4.90 Å². The van der Waals surface area contributed by atoms with Crippen molar-refractivity contribution in [2.75, 3.05) is 90.5 Å². The molecule has 19 heteroatoms. The molecule has 1 atom stereocenters. The zero-order chi connectivity index (χ0) is 45.0. The summed E-state index contributed by atoms with van der Waals surface area (Å²) < 4.78 is 21.8. The van der Waals surface area contributed by atoms with Crippen molar-refractivity contribution in [2.45, 2.75) is 45.6 Å². The van der Waals surface area contributed by atoms with Gasteiger partial charge >= 0.3 is 0 Å². The van der Waals surface area contributed by atoms with E-state index in [0.717, 1.165) is 16.0 Å². The fourth-order valence-corrected chi connectivity index (χ4v) is 5.49. The van der Waals surface area contributed by atoms with E-state index in [1.807, 2.05) is 19.9 Å². The first kappa shape index (κ1) is 50.3. The van der Waals surface area contributed by atoms with Crippen molar-refractivity contribution in [3.05, 3.63) is 77.9 Å². The van der Waals surface area contributed by atoms with Crippen LogP contribution >= 0.6 is 0 Å². The first-order valence-corrected chi connectivity index (χ1v) is 20.5. The number of rotatable bonds is 31. The summed E-state index contributed by atoms with van der Waals surface area (Å²) in [5.74, 6) is -3.18. The molecule has 2 aromatic rings. The van der Waals surface area contributed by atoms with Crippen LogP contribution in [0.15, 0.2) is 66.7 Å². The van der Waals surface area contributed by atoms with Crippen LogP contribution in [0.1, 0.15) is 37.8 Å². The van der Waals surface area contributed by atoms with Crippen molar-refractivity contribution in [3.8, 4) is 0 Å². The predicted octanol–water partition coefficient (Wildman–Crippen LogP) is -0.530. The third kappa shape index (κ3) is 21.5. The second-order valence-corrected chi connectivity index (χ2v) is 14.3. The van der Waals surface area contributed by atoms with E-state index >= 15 is 0 Å². The number of carbonyl (C=O) groups is 8. The Hall–Kier alpha value is -6.02. The van der Waals surface area contributed by atoms with Crippen LogP contribution in [0.5, 0.6) is 0 Å². The Balaban J connectivity index is 1.11. The number of imide groups is 1. The average Bonchev–Trinajstić information content (AvgIpc) is 3.60. The molecule has 0 radical (unpaired) electrons.